The largest absolute Gasteiger partial charge is 0.313 e. The summed E-state index contributed by atoms with van der Waals surface area (Å²) in [5.74, 6) is 1.32. The molecular weight excluding hydrogens is 232 g/mol. The van der Waals surface area contributed by atoms with Gasteiger partial charge in [0, 0.05) is 23.9 Å². The molecule has 1 fully saturated rings. The van der Waals surface area contributed by atoms with Crippen molar-refractivity contribution in [3.05, 3.63) is 30.1 Å². The lowest BCUT2D eigenvalue weighted by atomic mass is 9.82. The van der Waals surface area contributed by atoms with Crippen molar-refractivity contribution in [3.63, 3.8) is 0 Å². The summed E-state index contributed by atoms with van der Waals surface area (Å²) >= 11 is 0. The highest BCUT2D eigenvalue weighted by Gasteiger charge is 2.28. The predicted molar refractivity (Wildman–Crippen MR) is 81.3 cm³/mol. The fourth-order valence-electron chi connectivity index (χ4n) is 3.49. The van der Waals surface area contributed by atoms with E-state index in [0.717, 1.165) is 12.5 Å². The molecule has 0 saturated heterocycles. The molecule has 0 aliphatic heterocycles. The van der Waals surface area contributed by atoms with Crippen molar-refractivity contribution in [1.82, 2.24) is 10.3 Å². The molecule has 0 radical (unpaired) electrons. The molecule has 1 saturated carbocycles. The molecule has 1 aliphatic carbocycles. The van der Waals surface area contributed by atoms with Crippen LogP contribution in [0.15, 0.2) is 24.4 Å². The van der Waals surface area contributed by atoms with E-state index < -0.39 is 0 Å². The topological polar surface area (TPSA) is 24.9 Å². The molecule has 106 valence electrons. The molecule has 2 unspecified atom stereocenters. The van der Waals surface area contributed by atoms with Crippen molar-refractivity contribution in [3.8, 4) is 0 Å². The van der Waals surface area contributed by atoms with Crippen LogP contribution in [-0.2, 0) is 0 Å². The molecule has 19 heavy (non-hydrogen) atoms. The zero-order valence-electron chi connectivity index (χ0n) is 12.4. The van der Waals surface area contributed by atoms with Crippen molar-refractivity contribution >= 4 is 0 Å². The maximum absolute atomic E-state index is 4.56. The molecular formula is C17H28N2. The lowest BCUT2D eigenvalue weighted by Gasteiger charge is -2.32. The van der Waals surface area contributed by atoms with Gasteiger partial charge in [-0.15, -0.1) is 0 Å². The zero-order valence-corrected chi connectivity index (χ0v) is 12.4. The lowest BCUT2D eigenvalue weighted by Crippen LogP contribution is -2.40. The fourth-order valence-corrected chi connectivity index (χ4v) is 3.49. The van der Waals surface area contributed by atoms with Crippen LogP contribution in [0.3, 0.4) is 0 Å². The molecule has 0 aromatic carbocycles. The van der Waals surface area contributed by atoms with Gasteiger partial charge in [-0.2, -0.15) is 0 Å². The van der Waals surface area contributed by atoms with E-state index in [0.29, 0.717) is 12.0 Å². The molecule has 2 atom stereocenters. The van der Waals surface area contributed by atoms with Crippen LogP contribution in [0.2, 0.25) is 0 Å². The Kier molecular flexibility index (Phi) is 5.84. The third-order valence-corrected chi connectivity index (χ3v) is 4.54. The minimum atomic E-state index is 0.504. The Labute approximate surface area is 118 Å². The van der Waals surface area contributed by atoms with E-state index >= 15 is 0 Å². The highest BCUT2D eigenvalue weighted by Crippen LogP contribution is 2.31. The van der Waals surface area contributed by atoms with Gasteiger partial charge in [0.25, 0.3) is 0 Å². The Morgan fingerprint density at radius 2 is 1.95 bits per heavy atom. The van der Waals surface area contributed by atoms with E-state index in [1.807, 2.05) is 12.3 Å². The Morgan fingerprint density at radius 1 is 1.21 bits per heavy atom. The van der Waals surface area contributed by atoms with Gasteiger partial charge in [0.05, 0.1) is 0 Å². The number of nitrogens with zero attached hydrogens (tertiary/aromatic N) is 1. The Hall–Kier alpha value is -0.890. The number of hydrogen-bond acceptors (Lipinski definition) is 2. The summed E-state index contributed by atoms with van der Waals surface area (Å²) in [5, 5.41) is 3.74. The molecule has 1 heterocycles. The molecule has 1 aromatic heterocycles. The van der Waals surface area contributed by atoms with Crippen LogP contribution < -0.4 is 5.32 Å². The minimum Gasteiger partial charge on any atom is -0.313 e. The van der Waals surface area contributed by atoms with Crippen LogP contribution in [0.25, 0.3) is 0 Å². The molecule has 1 aliphatic rings. The Bertz CT molecular complexity index is 342. The van der Waals surface area contributed by atoms with Gasteiger partial charge in [-0.05, 0) is 37.4 Å². The number of hydrogen-bond donors (Lipinski definition) is 1. The molecule has 0 bridgehead atoms. The summed E-state index contributed by atoms with van der Waals surface area (Å²) in [6.45, 7) is 5.60. The van der Waals surface area contributed by atoms with Crippen molar-refractivity contribution in [1.29, 1.82) is 0 Å². The summed E-state index contributed by atoms with van der Waals surface area (Å²) in [6.07, 6.45) is 10.3. The van der Waals surface area contributed by atoms with Crippen LogP contribution in [0.5, 0.6) is 0 Å². The van der Waals surface area contributed by atoms with Gasteiger partial charge in [0.1, 0.15) is 0 Å². The van der Waals surface area contributed by atoms with Gasteiger partial charge in [-0.1, -0.05) is 45.6 Å². The van der Waals surface area contributed by atoms with Gasteiger partial charge >= 0.3 is 0 Å². The number of pyridine rings is 1. The van der Waals surface area contributed by atoms with E-state index in [1.54, 1.807) is 0 Å². The Balaban J connectivity index is 2.09. The van der Waals surface area contributed by atoms with E-state index in [2.05, 4.69) is 36.3 Å². The zero-order chi connectivity index (χ0) is 13.5. The summed E-state index contributed by atoms with van der Waals surface area (Å²) in [6, 6.07) is 6.86. The predicted octanol–water partition coefficient (Wildman–Crippen LogP) is 4.13. The first-order chi connectivity index (χ1) is 9.33. The smallest absolute Gasteiger partial charge is 0.0447 e. The highest BCUT2D eigenvalue weighted by molar-refractivity contribution is 5.12. The third-order valence-electron chi connectivity index (χ3n) is 4.54. The molecule has 2 nitrogen and oxygen atoms in total. The summed E-state index contributed by atoms with van der Waals surface area (Å²) < 4.78 is 0. The van der Waals surface area contributed by atoms with Crippen molar-refractivity contribution < 1.29 is 0 Å². The first-order valence-corrected chi connectivity index (χ1v) is 7.97. The van der Waals surface area contributed by atoms with Gasteiger partial charge in [0.15, 0.2) is 0 Å². The fraction of sp³-hybridized carbons (Fsp3) is 0.706. The number of nitrogens with one attached hydrogen (secondary N) is 1. The van der Waals surface area contributed by atoms with Crippen molar-refractivity contribution in [2.45, 2.75) is 64.3 Å². The van der Waals surface area contributed by atoms with Crippen LogP contribution in [0, 0.1) is 5.92 Å². The molecule has 1 aromatic rings. The molecule has 1 N–H and O–H groups in total. The maximum Gasteiger partial charge on any atom is 0.0447 e. The second-order valence-corrected chi connectivity index (χ2v) is 5.88. The maximum atomic E-state index is 4.56. The van der Waals surface area contributed by atoms with Crippen LogP contribution >= 0.6 is 0 Å². The second kappa shape index (κ2) is 7.64. The third kappa shape index (κ3) is 4.04. The van der Waals surface area contributed by atoms with Crippen LogP contribution in [0.1, 0.15) is 64.0 Å². The first-order valence-electron chi connectivity index (χ1n) is 7.97. The molecule has 2 heteroatoms. The first kappa shape index (κ1) is 14.5. The highest BCUT2D eigenvalue weighted by atomic mass is 14.9. The summed E-state index contributed by atoms with van der Waals surface area (Å²) in [5.41, 5.74) is 1.23. The molecule has 2 rings (SSSR count). The number of aromatic nitrogens is 1. The SMILES string of the molecule is CCNC(C1CCCCCC1)C(C)c1ccccn1. The van der Waals surface area contributed by atoms with Gasteiger partial charge < -0.3 is 5.32 Å². The van der Waals surface area contributed by atoms with E-state index in [1.165, 1.54) is 44.2 Å². The van der Waals surface area contributed by atoms with E-state index in [-0.39, 0.29) is 0 Å². The summed E-state index contributed by atoms with van der Waals surface area (Å²) in [7, 11) is 0. The quantitative estimate of drug-likeness (QED) is 0.805. The van der Waals surface area contributed by atoms with Crippen LogP contribution in [-0.4, -0.2) is 17.6 Å². The van der Waals surface area contributed by atoms with Crippen molar-refractivity contribution in [2.75, 3.05) is 6.54 Å². The minimum absolute atomic E-state index is 0.504. The van der Waals surface area contributed by atoms with E-state index in [4.69, 9.17) is 0 Å². The average molecular weight is 260 g/mol. The summed E-state index contributed by atoms with van der Waals surface area (Å²) in [4.78, 5) is 4.56. The van der Waals surface area contributed by atoms with Crippen molar-refractivity contribution in [2.24, 2.45) is 5.92 Å². The standard InChI is InChI=1S/C17H28N2/c1-3-18-17(15-10-6-4-5-7-11-15)14(2)16-12-8-9-13-19-16/h8-9,12-15,17-18H,3-7,10-11H2,1-2H3. The Morgan fingerprint density at radius 3 is 2.53 bits per heavy atom. The number of rotatable bonds is 5. The second-order valence-electron chi connectivity index (χ2n) is 5.88. The van der Waals surface area contributed by atoms with Gasteiger partial charge in [-0.3, -0.25) is 4.98 Å². The van der Waals surface area contributed by atoms with E-state index in [9.17, 15) is 0 Å². The number of likely N-dealkylation sites (N-methyl/N-ethyl adjacent to an activating group) is 1. The van der Waals surface area contributed by atoms with Gasteiger partial charge in [-0.25, -0.2) is 0 Å². The lowest BCUT2D eigenvalue weighted by molar-refractivity contribution is 0.288. The average Bonchev–Trinajstić information content (AvgIpc) is 2.74. The monoisotopic (exact) mass is 260 g/mol. The normalized spacial score (nSPS) is 20.7. The van der Waals surface area contributed by atoms with Crippen LogP contribution in [0.4, 0.5) is 0 Å². The van der Waals surface area contributed by atoms with Gasteiger partial charge in [0.2, 0.25) is 0 Å². The molecule has 0 spiro atoms. The molecule has 0 amide bonds.